The molecule has 11 heteroatoms. The van der Waals surface area contributed by atoms with Crippen LogP contribution in [0.15, 0.2) is 36.4 Å². The van der Waals surface area contributed by atoms with E-state index in [1.807, 2.05) is 0 Å². The average Bonchev–Trinajstić information content (AvgIpc) is 3.39. The third kappa shape index (κ3) is 6.08. The summed E-state index contributed by atoms with van der Waals surface area (Å²) in [6.45, 7) is 9.41. The van der Waals surface area contributed by atoms with Gasteiger partial charge in [-0.2, -0.15) is 0 Å². The second-order valence-corrected chi connectivity index (χ2v) is 15.0. The zero-order valence-electron chi connectivity index (χ0n) is 25.7. The van der Waals surface area contributed by atoms with Gasteiger partial charge in [-0.25, -0.2) is 4.39 Å². The molecule has 0 bridgehead atoms. The lowest BCUT2D eigenvalue weighted by Gasteiger charge is -2.38. The molecule has 5 rings (SSSR count). The molecule has 1 aliphatic carbocycles. The van der Waals surface area contributed by atoms with Crippen LogP contribution in [0.3, 0.4) is 0 Å². The van der Waals surface area contributed by atoms with Crippen molar-refractivity contribution >= 4 is 46.7 Å². The van der Waals surface area contributed by atoms with Gasteiger partial charge >= 0.3 is 5.97 Å². The van der Waals surface area contributed by atoms with Crippen LogP contribution < -0.4 is 21.7 Å². The number of benzene rings is 2. The molecule has 2 fully saturated rings. The van der Waals surface area contributed by atoms with Gasteiger partial charge in [0.2, 0.25) is 11.8 Å². The second kappa shape index (κ2) is 11.9. The summed E-state index contributed by atoms with van der Waals surface area (Å²) >= 11 is 12.6. The molecule has 44 heavy (non-hydrogen) atoms. The van der Waals surface area contributed by atoms with E-state index >= 15 is 4.39 Å². The third-order valence-electron chi connectivity index (χ3n) is 9.04. The van der Waals surface area contributed by atoms with Crippen molar-refractivity contribution < 1.29 is 23.5 Å². The maximum atomic E-state index is 16.0. The van der Waals surface area contributed by atoms with Crippen molar-refractivity contribution in [3.8, 4) is 0 Å². The number of carbonyl (C=O) groups excluding carboxylic acids is 3. The Hall–Kier alpha value is -2.72. The molecule has 3 aliphatic rings. The quantitative estimate of drug-likeness (QED) is 0.304. The van der Waals surface area contributed by atoms with Crippen molar-refractivity contribution in [2.24, 2.45) is 11.1 Å². The van der Waals surface area contributed by atoms with Crippen LogP contribution in [-0.4, -0.2) is 47.6 Å². The van der Waals surface area contributed by atoms with Crippen LogP contribution in [0.25, 0.3) is 0 Å². The van der Waals surface area contributed by atoms with Crippen molar-refractivity contribution in [2.75, 3.05) is 5.32 Å². The normalized spacial score (nSPS) is 28.5. The summed E-state index contributed by atoms with van der Waals surface area (Å²) in [7, 11) is 0. The van der Waals surface area contributed by atoms with E-state index in [0.29, 0.717) is 48.4 Å². The Labute approximate surface area is 267 Å². The Balaban J connectivity index is 1.51. The number of fused-ring (bicyclic) bond motifs is 2. The van der Waals surface area contributed by atoms with Gasteiger partial charge < -0.3 is 26.4 Å². The van der Waals surface area contributed by atoms with Gasteiger partial charge in [-0.15, -0.1) is 0 Å². The SMILES string of the molecule is CC(C)(C)C[C@H]1N[C@@H](C(=O)N[C@H]2CC[C@H](OC(=O)C(C)(C)N)CC2)[C@H](c2cccc(Cl)c2F)[C@@]12C(=O)Nc1cc(Cl)ccc12. The van der Waals surface area contributed by atoms with E-state index < -0.39 is 40.7 Å². The topological polar surface area (TPSA) is 123 Å². The number of hydrogen-bond donors (Lipinski definition) is 4. The summed E-state index contributed by atoms with van der Waals surface area (Å²) in [4.78, 5) is 40.8. The molecule has 238 valence electrons. The fourth-order valence-electron chi connectivity index (χ4n) is 7.07. The summed E-state index contributed by atoms with van der Waals surface area (Å²) < 4.78 is 21.5. The van der Waals surface area contributed by atoms with E-state index in [0.717, 1.165) is 0 Å². The Bertz CT molecular complexity index is 1460. The maximum absolute atomic E-state index is 16.0. The fraction of sp³-hybridized carbons (Fsp3) is 0.545. The minimum atomic E-state index is -1.32. The van der Waals surface area contributed by atoms with Gasteiger partial charge in [-0.1, -0.05) is 62.2 Å². The molecule has 8 nitrogen and oxygen atoms in total. The van der Waals surface area contributed by atoms with Gasteiger partial charge in [0.05, 0.1) is 11.1 Å². The summed E-state index contributed by atoms with van der Waals surface area (Å²) in [5, 5.41) is 10.0. The molecule has 1 spiro atoms. The highest BCUT2D eigenvalue weighted by Gasteiger charge is 2.66. The number of ether oxygens (including phenoxy) is 1. The molecule has 4 atom stereocenters. The minimum Gasteiger partial charge on any atom is -0.461 e. The second-order valence-electron chi connectivity index (χ2n) is 14.2. The number of esters is 1. The standard InChI is InChI=1S/C33H41Cl2FN4O4/c1-31(2,3)16-24-33(21-14-9-17(34)15-23(21)39-29(33)42)25(20-7-6-8-22(35)26(20)36)27(40-24)28(41)38-18-10-12-19(13-11-18)44-30(43)32(4,5)37/h6-9,14-15,18-19,24-25,27,40H,10-13,16,37H2,1-5H3,(H,38,41)(H,39,42)/t18-,19-,24-,25+,27-,33+/m1/s1. The number of amides is 2. The maximum Gasteiger partial charge on any atom is 0.325 e. The van der Waals surface area contributed by atoms with Crippen molar-refractivity contribution in [2.45, 2.75) is 108 Å². The highest BCUT2D eigenvalue weighted by atomic mass is 35.5. The molecule has 1 saturated carbocycles. The van der Waals surface area contributed by atoms with Crippen LogP contribution in [0.1, 0.15) is 83.8 Å². The van der Waals surface area contributed by atoms with Crippen LogP contribution in [0.2, 0.25) is 10.0 Å². The molecule has 0 radical (unpaired) electrons. The van der Waals surface area contributed by atoms with Gasteiger partial charge in [0.1, 0.15) is 22.9 Å². The molecule has 2 aromatic rings. The Morgan fingerprint density at radius 1 is 1.09 bits per heavy atom. The van der Waals surface area contributed by atoms with Crippen LogP contribution in [0.4, 0.5) is 10.1 Å². The monoisotopic (exact) mass is 646 g/mol. The van der Waals surface area contributed by atoms with E-state index in [-0.39, 0.29) is 40.0 Å². The van der Waals surface area contributed by atoms with Crippen molar-refractivity contribution in [1.29, 1.82) is 0 Å². The first-order valence-corrected chi connectivity index (χ1v) is 15.9. The largest absolute Gasteiger partial charge is 0.461 e. The van der Waals surface area contributed by atoms with E-state index in [4.69, 9.17) is 33.7 Å². The van der Waals surface area contributed by atoms with Crippen molar-refractivity contribution in [1.82, 2.24) is 10.6 Å². The van der Waals surface area contributed by atoms with Gasteiger partial charge in [-0.05, 0) is 80.7 Å². The van der Waals surface area contributed by atoms with Gasteiger partial charge in [-0.3, -0.25) is 14.4 Å². The third-order valence-corrected chi connectivity index (χ3v) is 9.57. The van der Waals surface area contributed by atoms with E-state index in [9.17, 15) is 14.4 Å². The predicted molar refractivity (Wildman–Crippen MR) is 169 cm³/mol. The first-order chi connectivity index (χ1) is 20.5. The van der Waals surface area contributed by atoms with Crippen LogP contribution >= 0.6 is 23.2 Å². The summed E-state index contributed by atoms with van der Waals surface area (Å²) in [5.41, 5.74) is 4.64. The highest BCUT2D eigenvalue weighted by molar-refractivity contribution is 6.31. The van der Waals surface area contributed by atoms with Crippen LogP contribution in [-0.2, 0) is 24.5 Å². The van der Waals surface area contributed by atoms with Gasteiger partial charge in [0.25, 0.3) is 0 Å². The van der Waals surface area contributed by atoms with Crippen molar-refractivity contribution in [3.05, 3.63) is 63.4 Å². The van der Waals surface area contributed by atoms with E-state index in [1.165, 1.54) is 6.07 Å². The smallest absolute Gasteiger partial charge is 0.325 e. The molecule has 0 aromatic heterocycles. The molecular formula is C33H41Cl2FN4O4. The zero-order chi connectivity index (χ0) is 32.2. The van der Waals surface area contributed by atoms with Crippen molar-refractivity contribution in [3.63, 3.8) is 0 Å². The molecule has 2 aromatic carbocycles. The number of carbonyl (C=O) groups is 3. The van der Waals surface area contributed by atoms with Gasteiger partial charge in [0, 0.05) is 28.7 Å². The lowest BCUT2D eigenvalue weighted by Crippen LogP contribution is -2.50. The summed E-state index contributed by atoms with van der Waals surface area (Å²) in [5.74, 6) is -2.68. The average molecular weight is 648 g/mol. The zero-order valence-corrected chi connectivity index (χ0v) is 27.2. The number of anilines is 1. The predicted octanol–water partition coefficient (Wildman–Crippen LogP) is 5.59. The number of nitrogens with one attached hydrogen (secondary N) is 3. The molecule has 1 saturated heterocycles. The van der Waals surface area contributed by atoms with E-state index in [2.05, 4.69) is 36.7 Å². The molecule has 5 N–H and O–H groups in total. The number of hydrogen-bond acceptors (Lipinski definition) is 6. The first-order valence-electron chi connectivity index (χ1n) is 15.1. The van der Waals surface area contributed by atoms with Gasteiger partial charge in [0.15, 0.2) is 0 Å². The summed E-state index contributed by atoms with van der Waals surface area (Å²) in [6.07, 6.45) is 2.58. The number of nitrogens with two attached hydrogens (primary N) is 1. The molecule has 2 heterocycles. The fourth-order valence-corrected chi connectivity index (χ4v) is 7.43. The molecule has 2 aliphatic heterocycles. The summed E-state index contributed by atoms with van der Waals surface area (Å²) in [6, 6.07) is 8.26. The highest BCUT2D eigenvalue weighted by Crippen LogP contribution is 2.57. The Kier molecular flexibility index (Phi) is 8.83. The minimum absolute atomic E-state index is 0.0839. The van der Waals surface area contributed by atoms with Crippen LogP contribution in [0, 0.1) is 11.2 Å². The number of halogens is 3. The molecule has 0 unspecified atom stereocenters. The lowest BCUT2D eigenvalue weighted by molar-refractivity contribution is -0.156. The molecule has 2 amide bonds. The first kappa shape index (κ1) is 32.7. The Morgan fingerprint density at radius 3 is 2.41 bits per heavy atom. The van der Waals surface area contributed by atoms with E-state index in [1.54, 1.807) is 44.2 Å². The Morgan fingerprint density at radius 2 is 1.77 bits per heavy atom. The molecular weight excluding hydrogens is 606 g/mol. The van der Waals surface area contributed by atoms with Crippen LogP contribution in [0.5, 0.6) is 0 Å². The number of rotatable bonds is 6. The lowest BCUT2D eigenvalue weighted by atomic mass is 9.62.